The number of rotatable bonds is 2. The molecule has 0 heterocycles. The first-order valence-corrected chi connectivity index (χ1v) is 5.52. The van der Waals surface area contributed by atoms with Crippen LogP contribution in [0, 0.1) is 6.92 Å². The summed E-state index contributed by atoms with van der Waals surface area (Å²) in [6.45, 7) is 2.04. The van der Waals surface area contributed by atoms with Crippen molar-refractivity contribution in [2.24, 2.45) is 0 Å². The van der Waals surface area contributed by atoms with Crippen LogP contribution in [0.15, 0.2) is 24.3 Å². The van der Waals surface area contributed by atoms with Crippen LogP contribution in [0.4, 0.5) is 0 Å². The quantitative estimate of drug-likeness (QED) is 0.740. The van der Waals surface area contributed by atoms with Crippen LogP contribution in [0.2, 0.25) is 0 Å². The van der Waals surface area contributed by atoms with Crippen LogP contribution >= 0.6 is 0 Å². The normalized spacial score (nSPS) is 21.4. The highest BCUT2D eigenvalue weighted by molar-refractivity contribution is 5.84. The van der Waals surface area contributed by atoms with E-state index < -0.39 is 0 Å². The van der Waals surface area contributed by atoms with Crippen molar-refractivity contribution in [3.63, 3.8) is 0 Å². The van der Waals surface area contributed by atoms with Crippen molar-refractivity contribution in [1.82, 2.24) is 0 Å². The topological polar surface area (TPSA) is 26.3 Å². The Balaban J connectivity index is 2.01. The summed E-state index contributed by atoms with van der Waals surface area (Å²) < 4.78 is 5.67. The first-order valence-electron chi connectivity index (χ1n) is 5.52. The molecule has 1 atom stereocenters. The predicted octanol–water partition coefficient (Wildman–Crippen LogP) is 2.89. The van der Waals surface area contributed by atoms with Crippen molar-refractivity contribution >= 4 is 5.78 Å². The van der Waals surface area contributed by atoms with Gasteiger partial charge in [0.05, 0.1) is 0 Å². The number of hydrogen-bond donors (Lipinski definition) is 0. The maximum atomic E-state index is 11.5. The zero-order valence-corrected chi connectivity index (χ0v) is 9.03. The molecule has 0 saturated heterocycles. The predicted molar refractivity (Wildman–Crippen MR) is 59.1 cm³/mol. The molecule has 2 rings (SSSR count). The third kappa shape index (κ3) is 2.58. The lowest BCUT2D eigenvalue weighted by molar-refractivity contribution is -0.127. The van der Waals surface area contributed by atoms with Crippen molar-refractivity contribution in [1.29, 1.82) is 0 Å². The van der Waals surface area contributed by atoms with E-state index in [1.54, 1.807) is 0 Å². The van der Waals surface area contributed by atoms with Gasteiger partial charge in [0, 0.05) is 6.42 Å². The molecule has 1 saturated carbocycles. The van der Waals surface area contributed by atoms with E-state index in [0.717, 1.165) is 25.0 Å². The molecule has 2 heteroatoms. The van der Waals surface area contributed by atoms with Crippen LogP contribution in [0.5, 0.6) is 5.75 Å². The molecule has 0 aromatic heterocycles. The Morgan fingerprint density at radius 1 is 1.20 bits per heavy atom. The zero-order chi connectivity index (χ0) is 10.7. The molecule has 15 heavy (non-hydrogen) atoms. The second kappa shape index (κ2) is 4.47. The van der Waals surface area contributed by atoms with Crippen LogP contribution < -0.4 is 4.74 Å². The van der Waals surface area contributed by atoms with Gasteiger partial charge < -0.3 is 4.74 Å². The van der Waals surface area contributed by atoms with E-state index in [1.165, 1.54) is 5.56 Å². The van der Waals surface area contributed by atoms with Crippen LogP contribution in [0.3, 0.4) is 0 Å². The van der Waals surface area contributed by atoms with Crippen LogP contribution in [0.25, 0.3) is 0 Å². The summed E-state index contributed by atoms with van der Waals surface area (Å²) in [4.78, 5) is 11.5. The molecule has 2 nitrogen and oxygen atoms in total. The first kappa shape index (κ1) is 10.2. The maximum absolute atomic E-state index is 11.5. The number of ketones is 1. The van der Waals surface area contributed by atoms with Gasteiger partial charge in [-0.3, -0.25) is 4.79 Å². The smallest absolute Gasteiger partial charge is 0.173 e. The molecule has 0 spiro atoms. The Hall–Kier alpha value is -1.31. The largest absolute Gasteiger partial charge is 0.483 e. The summed E-state index contributed by atoms with van der Waals surface area (Å²) in [5.74, 6) is 1.06. The maximum Gasteiger partial charge on any atom is 0.173 e. The SMILES string of the molecule is Cc1ccc(OC2CCCCC2=O)cc1. The molecule has 1 fully saturated rings. The molecule has 0 radical (unpaired) electrons. The third-order valence-electron chi connectivity index (χ3n) is 2.80. The molecule has 0 aliphatic heterocycles. The molecule has 1 aromatic rings. The number of benzene rings is 1. The number of ether oxygens (including phenoxy) is 1. The van der Waals surface area contributed by atoms with E-state index in [4.69, 9.17) is 4.74 Å². The minimum Gasteiger partial charge on any atom is -0.483 e. The molecule has 1 aliphatic carbocycles. The fourth-order valence-electron chi connectivity index (χ4n) is 1.86. The van der Waals surface area contributed by atoms with Crippen molar-refractivity contribution in [2.45, 2.75) is 38.7 Å². The summed E-state index contributed by atoms with van der Waals surface area (Å²) in [6.07, 6.45) is 3.46. The summed E-state index contributed by atoms with van der Waals surface area (Å²) >= 11 is 0. The monoisotopic (exact) mass is 204 g/mol. The second-order valence-corrected chi connectivity index (χ2v) is 4.13. The lowest BCUT2D eigenvalue weighted by Crippen LogP contribution is -2.30. The van der Waals surface area contributed by atoms with Gasteiger partial charge >= 0.3 is 0 Å². The standard InChI is InChI=1S/C13H16O2/c1-10-6-8-11(9-7-10)15-13-5-3-2-4-12(13)14/h6-9,13H,2-5H2,1H3. The first-order chi connectivity index (χ1) is 7.25. The van der Waals surface area contributed by atoms with Gasteiger partial charge in [-0.2, -0.15) is 0 Å². The highest BCUT2D eigenvalue weighted by atomic mass is 16.5. The average Bonchev–Trinajstić information content (AvgIpc) is 2.25. The molecular weight excluding hydrogens is 188 g/mol. The summed E-state index contributed by atoms with van der Waals surface area (Å²) in [6, 6.07) is 7.86. The van der Waals surface area contributed by atoms with Crippen molar-refractivity contribution in [3.05, 3.63) is 29.8 Å². The van der Waals surface area contributed by atoms with E-state index in [0.29, 0.717) is 6.42 Å². The fraction of sp³-hybridized carbons (Fsp3) is 0.462. The molecule has 0 amide bonds. The minimum atomic E-state index is -0.207. The summed E-state index contributed by atoms with van der Waals surface area (Å²) in [7, 11) is 0. The minimum absolute atomic E-state index is 0.207. The van der Waals surface area contributed by atoms with Crippen molar-refractivity contribution < 1.29 is 9.53 Å². The Morgan fingerprint density at radius 3 is 2.60 bits per heavy atom. The average molecular weight is 204 g/mol. The third-order valence-corrected chi connectivity index (χ3v) is 2.80. The Bertz CT molecular complexity index is 340. The molecule has 80 valence electrons. The van der Waals surface area contributed by atoms with Gasteiger partial charge in [0.25, 0.3) is 0 Å². The van der Waals surface area contributed by atoms with E-state index in [-0.39, 0.29) is 11.9 Å². The number of hydrogen-bond acceptors (Lipinski definition) is 2. The van der Waals surface area contributed by atoms with Crippen LogP contribution in [0.1, 0.15) is 31.2 Å². The van der Waals surface area contributed by atoms with E-state index >= 15 is 0 Å². The lowest BCUT2D eigenvalue weighted by Gasteiger charge is -2.21. The van der Waals surface area contributed by atoms with E-state index in [9.17, 15) is 4.79 Å². The molecular formula is C13H16O2. The number of carbonyl (C=O) groups is 1. The van der Waals surface area contributed by atoms with Gasteiger partial charge in [-0.05, 0) is 38.3 Å². The molecule has 1 unspecified atom stereocenters. The highest BCUT2D eigenvalue weighted by Gasteiger charge is 2.23. The van der Waals surface area contributed by atoms with Crippen molar-refractivity contribution in [3.8, 4) is 5.75 Å². The van der Waals surface area contributed by atoms with Gasteiger partial charge in [0.1, 0.15) is 5.75 Å². The molecule has 1 aromatic carbocycles. The van der Waals surface area contributed by atoms with Crippen molar-refractivity contribution in [2.75, 3.05) is 0 Å². The summed E-state index contributed by atoms with van der Waals surface area (Å²) in [5, 5.41) is 0. The van der Waals surface area contributed by atoms with Gasteiger partial charge in [0.15, 0.2) is 11.9 Å². The second-order valence-electron chi connectivity index (χ2n) is 4.13. The van der Waals surface area contributed by atoms with Gasteiger partial charge in [-0.25, -0.2) is 0 Å². The van der Waals surface area contributed by atoms with Gasteiger partial charge in [-0.15, -0.1) is 0 Å². The van der Waals surface area contributed by atoms with Crippen LogP contribution in [-0.2, 0) is 4.79 Å². The Labute approximate surface area is 90.3 Å². The Morgan fingerprint density at radius 2 is 1.93 bits per heavy atom. The number of carbonyl (C=O) groups excluding carboxylic acids is 1. The van der Waals surface area contributed by atoms with E-state index in [2.05, 4.69) is 0 Å². The van der Waals surface area contributed by atoms with E-state index in [1.807, 2.05) is 31.2 Å². The number of Topliss-reactive ketones (excluding diaryl/α,β-unsaturated/α-hetero) is 1. The molecule has 1 aliphatic rings. The summed E-state index contributed by atoms with van der Waals surface area (Å²) in [5.41, 5.74) is 1.21. The fourth-order valence-corrected chi connectivity index (χ4v) is 1.86. The Kier molecular flexibility index (Phi) is 3.05. The van der Waals surface area contributed by atoms with Gasteiger partial charge in [-0.1, -0.05) is 17.7 Å². The molecule has 0 bridgehead atoms. The van der Waals surface area contributed by atoms with Crippen LogP contribution in [-0.4, -0.2) is 11.9 Å². The highest BCUT2D eigenvalue weighted by Crippen LogP contribution is 2.21. The van der Waals surface area contributed by atoms with Gasteiger partial charge in [0.2, 0.25) is 0 Å². The lowest BCUT2D eigenvalue weighted by atomic mass is 9.96. The number of aryl methyl sites for hydroxylation is 1. The zero-order valence-electron chi connectivity index (χ0n) is 9.03. The molecule has 0 N–H and O–H groups in total.